The lowest BCUT2D eigenvalue weighted by Gasteiger charge is -2.34. The molecule has 2 aromatic heterocycles. The molecular weight excluding hydrogens is 316 g/mol. The molecule has 132 valence electrons. The number of hydrogen-bond donors (Lipinski definition) is 5. The van der Waals surface area contributed by atoms with E-state index >= 15 is 0 Å². The molecule has 10 heteroatoms. The second kappa shape index (κ2) is 6.57. The Morgan fingerprint density at radius 1 is 1.38 bits per heavy atom. The molecule has 0 aromatic carbocycles. The molecule has 0 spiro atoms. The van der Waals surface area contributed by atoms with Crippen LogP contribution in [0.2, 0.25) is 0 Å². The van der Waals surface area contributed by atoms with Crippen molar-refractivity contribution < 1.29 is 20.1 Å². The van der Waals surface area contributed by atoms with Crippen molar-refractivity contribution >= 4 is 17.0 Å². The molecule has 10 nitrogen and oxygen atoms in total. The maximum Gasteiger partial charge on any atom is 0.234 e. The van der Waals surface area contributed by atoms with Crippen LogP contribution in [0, 0.1) is 0 Å². The van der Waals surface area contributed by atoms with E-state index in [9.17, 15) is 15.3 Å². The van der Waals surface area contributed by atoms with Gasteiger partial charge in [-0.1, -0.05) is 13.3 Å². The molecule has 1 fully saturated rings. The van der Waals surface area contributed by atoms with Crippen LogP contribution in [-0.4, -0.2) is 66.3 Å². The van der Waals surface area contributed by atoms with Crippen molar-refractivity contribution in [3.63, 3.8) is 0 Å². The number of rotatable bonds is 6. The fourth-order valence-corrected chi connectivity index (χ4v) is 2.92. The smallest absolute Gasteiger partial charge is 0.234 e. The lowest BCUT2D eigenvalue weighted by Crippen LogP contribution is -2.56. The number of aliphatic hydroxyl groups is 3. The molecule has 1 aliphatic rings. The minimum atomic E-state index is -1.50. The lowest BCUT2D eigenvalue weighted by atomic mass is 10.1. The van der Waals surface area contributed by atoms with Crippen LogP contribution in [0.3, 0.4) is 0 Å². The third-order valence-electron chi connectivity index (χ3n) is 4.24. The van der Waals surface area contributed by atoms with Gasteiger partial charge in [0.1, 0.15) is 36.5 Å². The summed E-state index contributed by atoms with van der Waals surface area (Å²) in [7, 11) is 0. The minimum absolute atomic E-state index is 0.203. The van der Waals surface area contributed by atoms with Gasteiger partial charge < -0.3 is 25.8 Å². The van der Waals surface area contributed by atoms with E-state index < -0.39 is 30.8 Å². The van der Waals surface area contributed by atoms with Gasteiger partial charge in [-0.2, -0.15) is 0 Å². The van der Waals surface area contributed by atoms with Gasteiger partial charge in [-0.25, -0.2) is 15.0 Å². The van der Waals surface area contributed by atoms with Gasteiger partial charge in [0, 0.05) is 0 Å². The Morgan fingerprint density at radius 2 is 2.17 bits per heavy atom. The summed E-state index contributed by atoms with van der Waals surface area (Å²) in [5.74, 6) is -1.30. The summed E-state index contributed by atoms with van der Waals surface area (Å²) in [5.41, 5.74) is 6.53. The zero-order valence-electron chi connectivity index (χ0n) is 13.3. The summed E-state index contributed by atoms with van der Waals surface area (Å²) in [4.78, 5) is 12.2. The lowest BCUT2D eigenvalue weighted by molar-refractivity contribution is -0.168. The summed E-state index contributed by atoms with van der Waals surface area (Å²) in [6.07, 6.45) is 0.944. The van der Waals surface area contributed by atoms with Gasteiger partial charge in [0.25, 0.3) is 0 Å². The summed E-state index contributed by atoms with van der Waals surface area (Å²) < 4.78 is 7.31. The molecule has 24 heavy (non-hydrogen) atoms. The number of aliphatic hydroxyl groups excluding tert-OH is 3. The topological polar surface area (TPSA) is 152 Å². The number of hydrogen-bond acceptors (Lipinski definition) is 9. The Morgan fingerprint density at radius 3 is 2.83 bits per heavy atom. The molecule has 1 saturated heterocycles. The van der Waals surface area contributed by atoms with Gasteiger partial charge in [-0.05, 0) is 13.0 Å². The fourth-order valence-electron chi connectivity index (χ4n) is 2.92. The molecule has 3 heterocycles. The average Bonchev–Trinajstić information content (AvgIpc) is 3.12. The highest BCUT2D eigenvalue weighted by molar-refractivity contribution is 5.81. The Labute approximate surface area is 138 Å². The summed E-state index contributed by atoms with van der Waals surface area (Å²) in [6.45, 7) is 2.13. The number of nitrogen functional groups attached to an aromatic ring is 1. The fraction of sp³-hybridized carbons (Fsp3) is 0.643. The largest absolute Gasteiger partial charge is 0.394 e. The van der Waals surface area contributed by atoms with Crippen molar-refractivity contribution in [3.05, 3.63) is 12.7 Å². The van der Waals surface area contributed by atoms with Gasteiger partial charge >= 0.3 is 0 Å². The van der Waals surface area contributed by atoms with Crippen LogP contribution < -0.4 is 11.1 Å². The Balaban J connectivity index is 2.09. The van der Waals surface area contributed by atoms with Gasteiger partial charge in [0.05, 0.1) is 6.61 Å². The molecule has 0 saturated carbocycles. The van der Waals surface area contributed by atoms with Crippen LogP contribution in [0.4, 0.5) is 5.82 Å². The number of unbranched alkanes of at least 4 members (excludes halogenated alkanes) is 1. The van der Waals surface area contributed by atoms with Crippen LogP contribution in [0.15, 0.2) is 12.7 Å². The summed E-state index contributed by atoms with van der Waals surface area (Å²) in [5, 5.41) is 33.4. The number of imidazole rings is 1. The van der Waals surface area contributed by atoms with Crippen molar-refractivity contribution in [3.8, 4) is 0 Å². The number of nitrogens with two attached hydrogens (primary N) is 1. The number of anilines is 1. The average molecular weight is 338 g/mol. The van der Waals surface area contributed by atoms with Crippen LogP contribution >= 0.6 is 0 Å². The highest BCUT2D eigenvalue weighted by Crippen LogP contribution is 2.35. The Kier molecular flexibility index (Phi) is 4.65. The van der Waals surface area contributed by atoms with E-state index in [2.05, 4.69) is 20.3 Å². The van der Waals surface area contributed by atoms with Crippen molar-refractivity contribution in [2.75, 3.05) is 18.9 Å². The maximum atomic E-state index is 10.6. The maximum absolute atomic E-state index is 10.6. The van der Waals surface area contributed by atoms with Crippen LogP contribution in [0.1, 0.15) is 19.8 Å². The quantitative estimate of drug-likeness (QED) is 0.397. The molecule has 0 aliphatic carbocycles. The number of aromatic nitrogens is 4. The van der Waals surface area contributed by atoms with E-state index in [1.165, 1.54) is 17.2 Å². The molecule has 3 rings (SSSR count). The molecule has 0 bridgehead atoms. The van der Waals surface area contributed by atoms with Crippen molar-refractivity contribution in [2.24, 2.45) is 0 Å². The number of nitrogens with one attached hydrogen (secondary N) is 1. The minimum Gasteiger partial charge on any atom is -0.394 e. The van der Waals surface area contributed by atoms with E-state index in [0.29, 0.717) is 17.7 Å². The molecule has 4 atom stereocenters. The summed E-state index contributed by atoms with van der Waals surface area (Å²) >= 11 is 0. The summed E-state index contributed by atoms with van der Waals surface area (Å²) in [6, 6.07) is 0. The van der Waals surface area contributed by atoms with Crippen LogP contribution in [0.5, 0.6) is 0 Å². The number of ether oxygens (including phenoxy) is 1. The van der Waals surface area contributed by atoms with E-state index in [1.54, 1.807) is 0 Å². The third kappa shape index (κ3) is 2.52. The van der Waals surface area contributed by atoms with Gasteiger partial charge in [-0.15, -0.1) is 0 Å². The van der Waals surface area contributed by atoms with Crippen LogP contribution in [-0.2, 0) is 10.6 Å². The highest BCUT2D eigenvalue weighted by Gasteiger charge is 2.56. The third-order valence-corrected chi connectivity index (χ3v) is 4.24. The molecular formula is C14H22N6O4. The molecule has 6 N–H and O–H groups in total. The van der Waals surface area contributed by atoms with Crippen molar-refractivity contribution in [2.45, 2.75) is 43.9 Å². The SMILES string of the molecule is CCCCN[C@@]1(n2cnc3c(N)ncnc32)O[C@H](CO)[C@@H](O)[C@H]1O. The molecule has 1 aliphatic heterocycles. The normalized spacial score (nSPS) is 30.2. The molecule has 0 amide bonds. The van der Waals surface area contributed by atoms with E-state index in [1.807, 2.05) is 6.92 Å². The molecule has 0 unspecified atom stereocenters. The Hall–Kier alpha value is -1.85. The second-order valence-electron chi connectivity index (χ2n) is 5.80. The predicted molar refractivity (Wildman–Crippen MR) is 84.6 cm³/mol. The van der Waals surface area contributed by atoms with Crippen LogP contribution in [0.25, 0.3) is 11.2 Å². The highest BCUT2D eigenvalue weighted by atomic mass is 16.6. The Bertz CT molecular complexity index is 710. The predicted octanol–water partition coefficient (Wildman–Crippen LogP) is -1.48. The van der Waals surface area contributed by atoms with Gasteiger partial charge in [0.2, 0.25) is 5.85 Å². The monoisotopic (exact) mass is 338 g/mol. The van der Waals surface area contributed by atoms with E-state index in [-0.39, 0.29) is 5.82 Å². The second-order valence-corrected chi connectivity index (χ2v) is 5.80. The van der Waals surface area contributed by atoms with Gasteiger partial charge in [-0.3, -0.25) is 9.88 Å². The standard InChI is InChI=1S/C14H22N6O4/c1-2-3-4-19-14(11(23)10(22)8(5-21)24-14)20-7-18-9-12(15)16-6-17-13(9)20/h6-8,10-11,19,21-23H,2-5H2,1H3,(H2,15,16,17)/t8-,10-,11-,14+/m1/s1. The van der Waals surface area contributed by atoms with Crippen molar-refractivity contribution in [1.82, 2.24) is 24.8 Å². The van der Waals surface area contributed by atoms with Gasteiger partial charge in [0.15, 0.2) is 11.5 Å². The first-order valence-electron chi connectivity index (χ1n) is 7.89. The first-order chi connectivity index (χ1) is 11.5. The zero-order valence-corrected chi connectivity index (χ0v) is 13.3. The number of nitrogens with zero attached hydrogens (tertiary/aromatic N) is 4. The first-order valence-corrected chi connectivity index (χ1v) is 7.89. The zero-order chi connectivity index (χ0) is 17.3. The van der Waals surface area contributed by atoms with Crippen molar-refractivity contribution in [1.29, 1.82) is 0 Å². The van der Waals surface area contributed by atoms with E-state index in [0.717, 1.165) is 12.8 Å². The molecule has 0 radical (unpaired) electrons. The number of fused-ring (bicyclic) bond motifs is 1. The first kappa shape index (κ1) is 17.0. The van der Waals surface area contributed by atoms with E-state index in [4.69, 9.17) is 10.5 Å². The molecule has 2 aromatic rings.